The molecule has 23 heavy (non-hydrogen) atoms. The van der Waals surface area contributed by atoms with Crippen molar-refractivity contribution in [1.29, 1.82) is 0 Å². The molecular weight excluding hydrogens is 306 g/mol. The summed E-state index contributed by atoms with van der Waals surface area (Å²) in [6.07, 6.45) is 2.13. The average molecular weight is 334 g/mol. The number of para-hydroxylation sites is 2. The zero-order chi connectivity index (χ0) is 16.9. The Hall–Kier alpha value is -1.69. The number of imidazole rings is 1. The Kier molecular flexibility index (Phi) is 5.93. The predicted molar refractivity (Wildman–Crippen MR) is 101 cm³/mol. The highest BCUT2D eigenvalue weighted by molar-refractivity contribution is 7.99. The van der Waals surface area contributed by atoms with Gasteiger partial charge in [-0.2, -0.15) is 11.8 Å². The first-order valence-corrected chi connectivity index (χ1v) is 9.11. The summed E-state index contributed by atoms with van der Waals surface area (Å²) in [5.41, 5.74) is 2.23. The number of nitrogens with one attached hydrogen (secondary N) is 2. The Morgan fingerprint density at radius 2 is 2.04 bits per heavy atom. The Bertz CT molecular complexity index is 675. The number of hydrogen-bond acceptors (Lipinski definition) is 3. The first kappa shape index (κ1) is 17.7. The van der Waals surface area contributed by atoms with Gasteiger partial charge in [0.2, 0.25) is 0 Å². The number of benzene rings is 1. The quantitative estimate of drug-likeness (QED) is 0.630. The van der Waals surface area contributed by atoms with E-state index in [9.17, 15) is 0 Å². The maximum atomic E-state index is 4.60. The maximum absolute atomic E-state index is 4.60. The van der Waals surface area contributed by atoms with E-state index in [2.05, 4.69) is 63.5 Å². The second-order valence-electron chi connectivity index (χ2n) is 6.12. The van der Waals surface area contributed by atoms with E-state index < -0.39 is 0 Å². The summed E-state index contributed by atoms with van der Waals surface area (Å²) in [5, 5.41) is 6.76. The molecule has 1 heterocycles. The van der Waals surface area contributed by atoms with Crippen molar-refractivity contribution in [3.63, 3.8) is 0 Å². The molecule has 2 rings (SSSR count). The van der Waals surface area contributed by atoms with Crippen molar-refractivity contribution < 1.29 is 0 Å². The van der Waals surface area contributed by atoms with Crippen molar-refractivity contribution >= 4 is 28.8 Å². The van der Waals surface area contributed by atoms with Crippen LogP contribution in [0, 0.1) is 6.92 Å². The van der Waals surface area contributed by atoms with Gasteiger partial charge in [-0.1, -0.05) is 12.1 Å². The molecule has 0 aliphatic heterocycles. The van der Waals surface area contributed by atoms with Crippen LogP contribution in [0.25, 0.3) is 11.0 Å². The third-order valence-electron chi connectivity index (χ3n) is 3.93. The Labute approximate surface area is 143 Å². The van der Waals surface area contributed by atoms with Gasteiger partial charge in [0, 0.05) is 31.4 Å². The molecule has 0 amide bonds. The van der Waals surface area contributed by atoms with Gasteiger partial charge < -0.3 is 15.2 Å². The van der Waals surface area contributed by atoms with E-state index in [4.69, 9.17) is 0 Å². The fourth-order valence-corrected chi connectivity index (χ4v) is 2.57. The largest absolute Gasteiger partial charge is 0.355 e. The minimum Gasteiger partial charge on any atom is -0.355 e. The van der Waals surface area contributed by atoms with E-state index in [-0.39, 0.29) is 4.75 Å². The molecule has 2 N–H and O–H groups in total. The van der Waals surface area contributed by atoms with Crippen LogP contribution < -0.4 is 10.6 Å². The van der Waals surface area contributed by atoms with Gasteiger partial charge >= 0.3 is 0 Å². The fourth-order valence-electron chi connectivity index (χ4n) is 2.35. The Balaban J connectivity index is 1.91. The lowest BCUT2D eigenvalue weighted by atomic mass is 10.2. The van der Waals surface area contributed by atoms with Crippen LogP contribution in [0.3, 0.4) is 0 Å². The standard InChI is InChI=1S/C17H27N5S/c1-13-21-14-8-6-7-9-15(14)22(13)11-10-19-16(18-4)20-12-17(2,3)23-5/h6-9H,10-12H2,1-5H3,(H2,18,19,20). The number of nitrogens with zero attached hydrogens (tertiary/aromatic N) is 3. The second kappa shape index (κ2) is 7.73. The lowest BCUT2D eigenvalue weighted by molar-refractivity contribution is 0.638. The lowest BCUT2D eigenvalue weighted by Gasteiger charge is -2.23. The van der Waals surface area contributed by atoms with Crippen LogP contribution >= 0.6 is 11.8 Å². The van der Waals surface area contributed by atoms with Crippen LogP contribution in [0.1, 0.15) is 19.7 Å². The van der Waals surface area contributed by atoms with E-state index in [0.717, 1.165) is 36.9 Å². The van der Waals surface area contributed by atoms with Crippen LogP contribution in [0.4, 0.5) is 0 Å². The molecule has 0 atom stereocenters. The number of aryl methyl sites for hydroxylation is 1. The summed E-state index contributed by atoms with van der Waals surface area (Å²) < 4.78 is 2.43. The number of thioether (sulfide) groups is 1. The smallest absolute Gasteiger partial charge is 0.191 e. The minimum absolute atomic E-state index is 0.189. The molecule has 0 aliphatic rings. The Morgan fingerprint density at radius 1 is 1.30 bits per heavy atom. The summed E-state index contributed by atoms with van der Waals surface area (Å²) >= 11 is 1.85. The van der Waals surface area contributed by atoms with E-state index in [1.807, 2.05) is 24.8 Å². The van der Waals surface area contributed by atoms with E-state index >= 15 is 0 Å². The van der Waals surface area contributed by atoms with Gasteiger partial charge in [-0.3, -0.25) is 4.99 Å². The van der Waals surface area contributed by atoms with E-state index in [1.165, 1.54) is 5.52 Å². The van der Waals surface area contributed by atoms with Gasteiger partial charge in [-0.05, 0) is 39.2 Å². The molecule has 1 aromatic carbocycles. The van der Waals surface area contributed by atoms with Crippen molar-refractivity contribution in [2.45, 2.75) is 32.1 Å². The van der Waals surface area contributed by atoms with Crippen LogP contribution in [0.2, 0.25) is 0 Å². The minimum atomic E-state index is 0.189. The van der Waals surface area contributed by atoms with Crippen LogP contribution in [-0.4, -0.2) is 46.7 Å². The molecule has 126 valence electrons. The highest BCUT2D eigenvalue weighted by atomic mass is 32.2. The molecule has 0 aliphatic carbocycles. The highest BCUT2D eigenvalue weighted by Gasteiger charge is 2.16. The average Bonchev–Trinajstić information content (AvgIpc) is 2.86. The third kappa shape index (κ3) is 4.64. The number of aliphatic imine (C=N–C) groups is 1. The van der Waals surface area contributed by atoms with Crippen molar-refractivity contribution in [1.82, 2.24) is 20.2 Å². The molecule has 6 heteroatoms. The first-order chi connectivity index (χ1) is 11.0. The molecule has 0 unspecified atom stereocenters. The van der Waals surface area contributed by atoms with Crippen molar-refractivity contribution in [3.05, 3.63) is 30.1 Å². The second-order valence-corrected chi connectivity index (χ2v) is 7.63. The molecule has 0 saturated carbocycles. The molecule has 0 fully saturated rings. The summed E-state index contributed by atoms with van der Waals surface area (Å²) in [5.74, 6) is 1.88. The highest BCUT2D eigenvalue weighted by Crippen LogP contribution is 2.19. The summed E-state index contributed by atoms with van der Waals surface area (Å²) in [6.45, 7) is 9.03. The number of aromatic nitrogens is 2. The number of guanidine groups is 1. The zero-order valence-corrected chi connectivity index (χ0v) is 15.5. The van der Waals surface area contributed by atoms with Gasteiger partial charge in [0.15, 0.2) is 5.96 Å². The third-order valence-corrected chi connectivity index (χ3v) is 5.18. The Morgan fingerprint density at radius 3 is 2.74 bits per heavy atom. The van der Waals surface area contributed by atoms with Crippen molar-refractivity contribution in [3.8, 4) is 0 Å². The summed E-state index contributed by atoms with van der Waals surface area (Å²) in [4.78, 5) is 8.89. The van der Waals surface area contributed by atoms with Crippen LogP contribution in [-0.2, 0) is 6.54 Å². The van der Waals surface area contributed by atoms with Crippen LogP contribution in [0.5, 0.6) is 0 Å². The van der Waals surface area contributed by atoms with Crippen molar-refractivity contribution in [2.75, 3.05) is 26.4 Å². The molecular formula is C17H27N5S. The molecule has 0 saturated heterocycles. The molecule has 0 bridgehead atoms. The number of rotatable bonds is 6. The van der Waals surface area contributed by atoms with Gasteiger partial charge in [0.1, 0.15) is 5.82 Å². The molecule has 5 nitrogen and oxygen atoms in total. The van der Waals surface area contributed by atoms with Gasteiger partial charge in [-0.25, -0.2) is 4.98 Å². The molecule has 0 spiro atoms. The normalized spacial score (nSPS) is 12.7. The predicted octanol–water partition coefficient (Wildman–Crippen LogP) is 2.65. The SMILES string of the molecule is CN=C(NCCn1c(C)nc2ccccc21)NCC(C)(C)SC. The van der Waals surface area contributed by atoms with Gasteiger partial charge in [0.05, 0.1) is 11.0 Å². The zero-order valence-electron chi connectivity index (χ0n) is 14.7. The van der Waals surface area contributed by atoms with E-state index in [0.29, 0.717) is 0 Å². The van der Waals surface area contributed by atoms with Gasteiger partial charge in [0.25, 0.3) is 0 Å². The van der Waals surface area contributed by atoms with Crippen LogP contribution in [0.15, 0.2) is 29.3 Å². The topological polar surface area (TPSA) is 54.2 Å². The number of fused-ring (bicyclic) bond motifs is 1. The summed E-state index contributed by atoms with van der Waals surface area (Å²) in [6, 6.07) is 8.25. The van der Waals surface area contributed by atoms with Crippen molar-refractivity contribution in [2.24, 2.45) is 4.99 Å². The summed E-state index contributed by atoms with van der Waals surface area (Å²) in [7, 11) is 1.80. The van der Waals surface area contributed by atoms with E-state index in [1.54, 1.807) is 7.05 Å². The number of hydrogen-bond donors (Lipinski definition) is 2. The van der Waals surface area contributed by atoms with Gasteiger partial charge in [-0.15, -0.1) is 0 Å². The molecule has 0 radical (unpaired) electrons. The monoisotopic (exact) mass is 333 g/mol. The maximum Gasteiger partial charge on any atom is 0.191 e. The molecule has 2 aromatic rings. The first-order valence-electron chi connectivity index (χ1n) is 7.88. The fraction of sp³-hybridized carbons (Fsp3) is 0.529. The lowest BCUT2D eigenvalue weighted by Crippen LogP contribution is -2.44. The molecule has 1 aromatic heterocycles.